The molecule has 2 heterocycles. The number of amides is 3. The summed E-state index contributed by atoms with van der Waals surface area (Å²) >= 11 is 0. The van der Waals surface area contributed by atoms with Crippen molar-refractivity contribution in [2.24, 2.45) is 0 Å². The van der Waals surface area contributed by atoms with Gasteiger partial charge in [-0.3, -0.25) is 10.1 Å². The van der Waals surface area contributed by atoms with Crippen LogP contribution in [0, 0.1) is 0 Å². The number of benzene rings is 2. The number of para-hydroxylation sites is 2. The van der Waals surface area contributed by atoms with E-state index in [1.54, 1.807) is 49.4 Å². The van der Waals surface area contributed by atoms with Gasteiger partial charge in [-0.25, -0.2) is 9.59 Å². The molecule has 156 valence electrons. The van der Waals surface area contributed by atoms with Crippen molar-refractivity contribution in [1.29, 1.82) is 0 Å². The maximum Gasteiger partial charge on any atom is 0.351 e. The van der Waals surface area contributed by atoms with Crippen molar-refractivity contribution in [2.75, 3.05) is 18.7 Å². The predicted octanol–water partition coefficient (Wildman–Crippen LogP) is 1.84. The molecular weight excluding hydrogens is 396 g/mol. The molecular formula is C20H18N2O8. The highest BCUT2D eigenvalue weighted by molar-refractivity contribution is 6.02. The summed E-state index contributed by atoms with van der Waals surface area (Å²) in [6.07, 6.45) is -1.64. The topological polar surface area (TPSA) is 121 Å². The number of carbonyl (C=O) groups is 3. The molecule has 0 aliphatic carbocycles. The highest BCUT2D eigenvalue weighted by Gasteiger charge is 2.35. The molecule has 0 radical (unpaired) electrons. The van der Waals surface area contributed by atoms with Crippen molar-refractivity contribution in [3.8, 4) is 23.0 Å². The van der Waals surface area contributed by atoms with E-state index in [4.69, 9.17) is 23.7 Å². The van der Waals surface area contributed by atoms with E-state index in [0.29, 0.717) is 28.7 Å². The van der Waals surface area contributed by atoms with Crippen LogP contribution in [0.5, 0.6) is 23.0 Å². The van der Waals surface area contributed by atoms with Crippen molar-refractivity contribution in [3.63, 3.8) is 0 Å². The zero-order chi connectivity index (χ0) is 21.1. The average molecular weight is 414 g/mol. The molecule has 10 heteroatoms. The second-order valence-electron chi connectivity index (χ2n) is 6.49. The number of urea groups is 1. The normalized spacial score (nSPS) is 18.3. The number of hydrogen-bond acceptors (Lipinski definition) is 8. The highest BCUT2D eigenvalue weighted by Crippen LogP contribution is 2.34. The van der Waals surface area contributed by atoms with E-state index in [0.717, 1.165) is 0 Å². The Labute approximate surface area is 171 Å². The largest absolute Gasteiger partial charge is 0.482 e. The van der Waals surface area contributed by atoms with Gasteiger partial charge in [0.15, 0.2) is 29.6 Å². The molecule has 0 bridgehead atoms. The number of rotatable bonds is 4. The minimum absolute atomic E-state index is 0.106. The van der Waals surface area contributed by atoms with E-state index in [9.17, 15) is 14.4 Å². The molecule has 2 N–H and O–H groups in total. The number of imide groups is 1. The van der Waals surface area contributed by atoms with Gasteiger partial charge < -0.3 is 29.0 Å². The smallest absolute Gasteiger partial charge is 0.351 e. The third-order valence-electron chi connectivity index (χ3n) is 4.30. The van der Waals surface area contributed by atoms with Crippen molar-refractivity contribution in [1.82, 2.24) is 5.32 Å². The van der Waals surface area contributed by atoms with Crippen molar-refractivity contribution in [3.05, 3.63) is 42.5 Å². The molecule has 0 saturated heterocycles. The molecule has 2 aliphatic rings. The minimum Gasteiger partial charge on any atom is -0.482 e. The summed E-state index contributed by atoms with van der Waals surface area (Å²) < 4.78 is 26.6. The molecule has 3 amide bonds. The number of fused-ring (bicyclic) bond motifs is 2. The molecule has 0 spiro atoms. The summed E-state index contributed by atoms with van der Waals surface area (Å²) in [7, 11) is 0. The third-order valence-corrected chi connectivity index (χ3v) is 4.30. The Bertz CT molecular complexity index is 993. The van der Waals surface area contributed by atoms with E-state index in [1.165, 1.54) is 0 Å². The quantitative estimate of drug-likeness (QED) is 0.727. The van der Waals surface area contributed by atoms with Gasteiger partial charge in [-0.05, 0) is 31.2 Å². The Hall–Kier alpha value is -3.95. The second-order valence-corrected chi connectivity index (χ2v) is 6.49. The lowest BCUT2D eigenvalue weighted by Crippen LogP contribution is -2.45. The van der Waals surface area contributed by atoms with E-state index in [-0.39, 0.29) is 6.79 Å². The van der Waals surface area contributed by atoms with Gasteiger partial charge in [-0.2, -0.15) is 0 Å². The van der Waals surface area contributed by atoms with Crippen LogP contribution >= 0.6 is 0 Å². The second kappa shape index (κ2) is 8.19. The lowest BCUT2D eigenvalue weighted by Gasteiger charge is -2.30. The van der Waals surface area contributed by atoms with Gasteiger partial charge in [-0.15, -0.1) is 0 Å². The van der Waals surface area contributed by atoms with Crippen LogP contribution in [-0.2, 0) is 14.3 Å². The molecule has 30 heavy (non-hydrogen) atoms. The van der Waals surface area contributed by atoms with E-state index in [1.807, 2.05) is 0 Å². The third kappa shape index (κ3) is 4.22. The number of esters is 1. The van der Waals surface area contributed by atoms with Crippen LogP contribution in [0.3, 0.4) is 0 Å². The maximum atomic E-state index is 12.3. The van der Waals surface area contributed by atoms with Gasteiger partial charge in [-0.1, -0.05) is 12.1 Å². The van der Waals surface area contributed by atoms with Crippen LogP contribution in [-0.4, -0.2) is 43.5 Å². The lowest BCUT2D eigenvalue weighted by molar-refractivity contribution is -0.160. The fourth-order valence-electron chi connectivity index (χ4n) is 2.90. The Morgan fingerprint density at radius 1 is 1.00 bits per heavy atom. The highest BCUT2D eigenvalue weighted by atomic mass is 16.7. The molecule has 0 fully saturated rings. The number of carbonyl (C=O) groups excluding carboxylic acids is 3. The van der Waals surface area contributed by atoms with Crippen LogP contribution in [0.25, 0.3) is 0 Å². The summed E-state index contributed by atoms with van der Waals surface area (Å²) in [5.41, 5.74) is 0.404. The Morgan fingerprint density at radius 3 is 2.53 bits per heavy atom. The standard InChI is InChI=1S/C20H18N2O8/c1-11-18(30-15-5-3-2-4-14(15)29-11)19(24)26-9-17(23)22-20(25)21-12-6-7-13-16(8-12)28-10-27-13/h2-8,11,18H,9-10H2,1H3,(H2,21,22,23,25)/t11-,18-/m1/s1. The molecule has 0 saturated carbocycles. The van der Waals surface area contributed by atoms with E-state index in [2.05, 4.69) is 10.6 Å². The predicted molar refractivity (Wildman–Crippen MR) is 102 cm³/mol. The molecule has 2 aromatic carbocycles. The van der Waals surface area contributed by atoms with Crippen molar-refractivity contribution >= 4 is 23.6 Å². The summed E-state index contributed by atoms with van der Waals surface area (Å²) in [4.78, 5) is 36.2. The number of hydrogen-bond donors (Lipinski definition) is 2. The zero-order valence-corrected chi connectivity index (χ0v) is 15.9. The number of ether oxygens (including phenoxy) is 5. The van der Waals surface area contributed by atoms with E-state index >= 15 is 0 Å². The number of nitrogens with one attached hydrogen (secondary N) is 2. The first-order chi connectivity index (χ1) is 14.5. The Balaban J connectivity index is 1.25. The maximum absolute atomic E-state index is 12.3. The van der Waals surface area contributed by atoms with Gasteiger partial charge in [0.25, 0.3) is 5.91 Å². The molecule has 2 atom stereocenters. The van der Waals surface area contributed by atoms with Gasteiger partial charge in [0.2, 0.25) is 12.9 Å². The monoisotopic (exact) mass is 414 g/mol. The summed E-state index contributed by atoms with van der Waals surface area (Å²) in [6.45, 7) is 1.11. The first kappa shape index (κ1) is 19.4. The summed E-state index contributed by atoms with van der Waals surface area (Å²) in [6, 6.07) is 10.9. The van der Waals surface area contributed by atoms with Crippen LogP contribution in [0.2, 0.25) is 0 Å². The van der Waals surface area contributed by atoms with Crippen molar-refractivity contribution < 1.29 is 38.1 Å². The summed E-state index contributed by atoms with van der Waals surface area (Å²) in [5.74, 6) is 0.403. The fraction of sp³-hybridized carbons (Fsp3) is 0.250. The Kier molecular flexibility index (Phi) is 5.29. The lowest BCUT2D eigenvalue weighted by atomic mass is 10.2. The number of anilines is 1. The van der Waals surface area contributed by atoms with Crippen LogP contribution in [0.4, 0.5) is 10.5 Å². The SMILES string of the molecule is C[C@H]1Oc2ccccc2O[C@H]1C(=O)OCC(=O)NC(=O)Nc1ccc2c(c1)OCO2. The first-order valence-electron chi connectivity index (χ1n) is 9.09. The van der Waals surface area contributed by atoms with Crippen molar-refractivity contribution in [2.45, 2.75) is 19.1 Å². The molecule has 0 unspecified atom stereocenters. The molecule has 0 aromatic heterocycles. The minimum atomic E-state index is -1.03. The molecule has 4 rings (SSSR count). The first-order valence-corrected chi connectivity index (χ1v) is 9.09. The molecule has 10 nitrogen and oxygen atoms in total. The summed E-state index contributed by atoms with van der Waals surface area (Å²) in [5, 5.41) is 4.55. The van der Waals surface area contributed by atoms with Gasteiger partial charge in [0.1, 0.15) is 6.10 Å². The van der Waals surface area contributed by atoms with Gasteiger partial charge in [0.05, 0.1) is 0 Å². The van der Waals surface area contributed by atoms with Crippen LogP contribution in [0.15, 0.2) is 42.5 Å². The zero-order valence-electron chi connectivity index (χ0n) is 15.9. The fourth-order valence-corrected chi connectivity index (χ4v) is 2.90. The molecule has 2 aromatic rings. The van der Waals surface area contributed by atoms with E-state index < -0.39 is 36.7 Å². The Morgan fingerprint density at radius 2 is 1.73 bits per heavy atom. The van der Waals surface area contributed by atoms with Gasteiger partial charge in [0, 0.05) is 11.8 Å². The average Bonchev–Trinajstić information content (AvgIpc) is 3.19. The van der Waals surface area contributed by atoms with Gasteiger partial charge >= 0.3 is 12.0 Å². The molecule has 2 aliphatic heterocycles. The van der Waals surface area contributed by atoms with Crippen LogP contribution in [0.1, 0.15) is 6.92 Å². The van der Waals surface area contributed by atoms with Crippen LogP contribution < -0.4 is 29.6 Å².